The lowest BCUT2D eigenvalue weighted by Gasteiger charge is -2.19. The summed E-state index contributed by atoms with van der Waals surface area (Å²) < 4.78 is 12.9. The molecule has 1 heterocycles. The maximum atomic E-state index is 12.9. The fourth-order valence-corrected chi connectivity index (χ4v) is 2.12. The lowest BCUT2D eigenvalue weighted by molar-refractivity contribution is 0.628. The van der Waals surface area contributed by atoms with Crippen LogP contribution in [0.2, 0.25) is 0 Å². The molecule has 15 heavy (non-hydrogen) atoms. The molecule has 0 unspecified atom stereocenters. The largest absolute Gasteiger partial charge is 0.397 e. The number of anilines is 3. The number of benzene rings is 1. The van der Waals surface area contributed by atoms with Crippen LogP contribution in [-0.4, -0.2) is 7.05 Å². The van der Waals surface area contributed by atoms with Gasteiger partial charge in [-0.05, 0) is 35.7 Å². The van der Waals surface area contributed by atoms with Gasteiger partial charge >= 0.3 is 0 Å². The standard InChI is InChI=1S/C11H11FN2S/c1-14(11-3-2-6-15-11)10-5-4-8(12)7-9(10)13/h2-7H,13H2,1H3. The van der Waals surface area contributed by atoms with Gasteiger partial charge in [-0.2, -0.15) is 0 Å². The lowest BCUT2D eigenvalue weighted by atomic mass is 10.2. The first-order chi connectivity index (χ1) is 7.18. The van der Waals surface area contributed by atoms with Crippen LogP contribution < -0.4 is 10.6 Å². The van der Waals surface area contributed by atoms with Crippen molar-refractivity contribution in [2.24, 2.45) is 0 Å². The summed E-state index contributed by atoms with van der Waals surface area (Å²) in [7, 11) is 1.91. The first-order valence-corrected chi connectivity index (χ1v) is 5.38. The van der Waals surface area contributed by atoms with Crippen LogP contribution in [0.25, 0.3) is 0 Å². The summed E-state index contributed by atoms with van der Waals surface area (Å²) in [6.07, 6.45) is 0. The van der Waals surface area contributed by atoms with E-state index in [-0.39, 0.29) is 5.82 Å². The van der Waals surface area contributed by atoms with Crippen LogP contribution in [0.5, 0.6) is 0 Å². The molecule has 0 fully saturated rings. The average Bonchev–Trinajstić information content (AvgIpc) is 2.69. The van der Waals surface area contributed by atoms with E-state index in [0.29, 0.717) is 5.69 Å². The highest BCUT2D eigenvalue weighted by molar-refractivity contribution is 7.14. The minimum Gasteiger partial charge on any atom is -0.397 e. The third kappa shape index (κ3) is 1.94. The number of thiophene rings is 1. The monoisotopic (exact) mass is 222 g/mol. The Labute approximate surface area is 91.8 Å². The van der Waals surface area contributed by atoms with Crippen molar-refractivity contribution in [2.75, 3.05) is 17.7 Å². The van der Waals surface area contributed by atoms with Crippen LogP contribution in [0.3, 0.4) is 0 Å². The molecular formula is C11H11FN2S. The molecule has 0 saturated carbocycles. The number of hydrogen-bond donors (Lipinski definition) is 1. The summed E-state index contributed by atoms with van der Waals surface area (Å²) in [4.78, 5) is 1.94. The fraction of sp³-hybridized carbons (Fsp3) is 0.0909. The van der Waals surface area contributed by atoms with E-state index in [1.54, 1.807) is 17.4 Å². The average molecular weight is 222 g/mol. The first kappa shape index (κ1) is 9.98. The van der Waals surface area contributed by atoms with Gasteiger partial charge in [-0.15, -0.1) is 11.3 Å². The summed E-state index contributed by atoms with van der Waals surface area (Å²) in [6.45, 7) is 0. The van der Waals surface area contributed by atoms with E-state index in [9.17, 15) is 4.39 Å². The second-order valence-corrected chi connectivity index (χ2v) is 4.14. The van der Waals surface area contributed by atoms with Crippen molar-refractivity contribution in [3.63, 3.8) is 0 Å². The van der Waals surface area contributed by atoms with E-state index in [1.165, 1.54) is 12.1 Å². The molecule has 0 amide bonds. The Morgan fingerprint density at radius 1 is 1.33 bits per heavy atom. The smallest absolute Gasteiger partial charge is 0.125 e. The van der Waals surface area contributed by atoms with Gasteiger partial charge in [0.1, 0.15) is 5.82 Å². The van der Waals surface area contributed by atoms with Crippen LogP contribution in [0, 0.1) is 5.82 Å². The molecule has 4 heteroatoms. The van der Waals surface area contributed by atoms with Crippen LogP contribution in [0.15, 0.2) is 35.7 Å². The number of rotatable bonds is 2. The molecule has 2 rings (SSSR count). The van der Waals surface area contributed by atoms with E-state index in [1.807, 2.05) is 29.5 Å². The van der Waals surface area contributed by atoms with E-state index < -0.39 is 0 Å². The minimum absolute atomic E-state index is 0.309. The number of nitrogens with two attached hydrogens (primary N) is 1. The van der Waals surface area contributed by atoms with Crippen molar-refractivity contribution in [3.05, 3.63) is 41.5 Å². The third-order valence-electron chi connectivity index (χ3n) is 2.19. The van der Waals surface area contributed by atoms with Crippen LogP contribution in [-0.2, 0) is 0 Å². The predicted octanol–water partition coefficient (Wildman–Crippen LogP) is 3.24. The fourth-order valence-electron chi connectivity index (χ4n) is 1.41. The Balaban J connectivity index is 2.38. The molecule has 0 aliphatic heterocycles. The number of hydrogen-bond acceptors (Lipinski definition) is 3. The molecule has 0 atom stereocenters. The second kappa shape index (κ2) is 3.90. The maximum Gasteiger partial charge on any atom is 0.125 e. The lowest BCUT2D eigenvalue weighted by Crippen LogP contribution is -2.10. The highest BCUT2D eigenvalue weighted by Crippen LogP contribution is 2.31. The van der Waals surface area contributed by atoms with Crippen LogP contribution >= 0.6 is 11.3 Å². The summed E-state index contributed by atoms with van der Waals surface area (Å²) in [6, 6.07) is 8.39. The Kier molecular flexibility index (Phi) is 2.60. The molecule has 1 aromatic carbocycles. The molecular weight excluding hydrogens is 211 g/mol. The zero-order valence-electron chi connectivity index (χ0n) is 8.27. The van der Waals surface area contributed by atoms with Crippen LogP contribution in [0.1, 0.15) is 0 Å². The highest BCUT2D eigenvalue weighted by Gasteiger charge is 2.08. The highest BCUT2D eigenvalue weighted by atomic mass is 32.1. The molecule has 2 aromatic rings. The normalized spacial score (nSPS) is 10.3. The summed E-state index contributed by atoms with van der Waals surface area (Å²) >= 11 is 1.62. The quantitative estimate of drug-likeness (QED) is 0.790. The van der Waals surface area contributed by atoms with Crippen molar-refractivity contribution >= 4 is 27.7 Å². The number of nitrogens with zero attached hydrogens (tertiary/aromatic N) is 1. The van der Waals surface area contributed by atoms with Crippen molar-refractivity contribution in [3.8, 4) is 0 Å². The maximum absolute atomic E-state index is 12.9. The number of nitrogen functional groups attached to an aromatic ring is 1. The molecule has 0 aliphatic carbocycles. The van der Waals surface area contributed by atoms with Gasteiger partial charge in [0, 0.05) is 7.05 Å². The summed E-state index contributed by atoms with van der Waals surface area (Å²) in [5.41, 5.74) is 7.02. The zero-order valence-corrected chi connectivity index (χ0v) is 9.09. The molecule has 1 aromatic heterocycles. The van der Waals surface area contributed by atoms with Gasteiger partial charge < -0.3 is 10.6 Å². The van der Waals surface area contributed by atoms with Gasteiger partial charge in [0.2, 0.25) is 0 Å². The molecule has 0 radical (unpaired) electrons. The van der Waals surface area contributed by atoms with Gasteiger partial charge in [-0.1, -0.05) is 0 Å². The molecule has 0 aliphatic rings. The Bertz CT molecular complexity index is 454. The zero-order chi connectivity index (χ0) is 10.8. The molecule has 78 valence electrons. The molecule has 0 bridgehead atoms. The number of halogens is 1. The second-order valence-electron chi connectivity index (χ2n) is 3.21. The van der Waals surface area contributed by atoms with Gasteiger partial charge in [-0.25, -0.2) is 4.39 Å². The van der Waals surface area contributed by atoms with Gasteiger partial charge in [0.05, 0.1) is 16.4 Å². The van der Waals surface area contributed by atoms with Crippen molar-refractivity contribution in [1.29, 1.82) is 0 Å². The Morgan fingerprint density at radius 2 is 2.13 bits per heavy atom. The predicted molar refractivity (Wildman–Crippen MR) is 63.2 cm³/mol. The third-order valence-corrected chi connectivity index (χ3v) is 3.13. The van der Waals surface area contributed by atoms with E-state index in [2.05, 4.69) is 0 Å². The van der Waals surface area contributed by atoms with Gasteiger partial charge in [0.25, 0.3) is 0 Å². The molecule has 2 nitrogen and oxygen atoms in total. The summed E-state index contributed by atoms with van der Waals surface area (Å²) in [5, 5.41) is 3.07. The van der Waals surface area contributed by atoms with E-state index in [0.717, 1.165) is 10.7 Å². The molecule has 0 spiro atoms. The van der Waals surface area contributed by atoms with Crippen LogP contribution in [0.4, 0.5) is 20.8 Å². The van der Waals surface area contributed by atoms with Gasteiger partial charge in [0.15, 0.2) is 0 Å². The topological polar surface area (TPSA) is 29.3 Å². The van der Waals surface area contributed by atoms with Gasteiger partial charge in [-0.3, -0.25) is 0 Å². The Morgan fingerprint density at radius 3 is 2.73 bits per heavy atom. The summed E-state index contributed by atoms with van der Waals surface area (Å²) in [5.74, 6) is -0.309. The van der Waals surface area contributed by atoms with E-state index >= 15 is 0 Å². The molecule has 0 saturated heterocycles. The van der Waals surface area contributed by atoms with E-state index in [4.69, 9.17) is 5.73 Å². The van der Waals surface area contributed by atoms with Crippen molar-refractivity contribution < 1.29 is 4.39 Å². The SMILES string of the molecule is CN(c1cccs1)c1ccc(F)cc1N. The first-order valence-electron chi connectivity index (χ1n) is 4.51. The van der Waals surface area contributed by atoms with Crippen molar-refractivity contribution in [1.82, 2.24) is 0 Å². The van der Waals surface area contributed by atoms with Crippen molar-refractivity contribution in [2.45, 2.75) is 0 Å². The Hall–Kier alpha value is -1.55. The molecule has 2 N–H and O–H groups in total. The minimum atomic E-state index is -0.309.